The van der Waals surface area contributed by atoms with E-state index in [2.05, 4.69) is 0 Å². The Balaban J connectivity index is 3.07. The van der Waals surface area contributed by atoms with Crippen LogP contribution in [0.2, 0.25) is 0 Å². The predicted molar refractivity (Wildman–Crippen MR) is 61.4 cm³/mol. The third kappa shape index (κ3) is 2.49. The summed E-state index contributed by atoms with van der Waals surface area (Å²) in [6, 6.07) is -0.629. The molecule has 0 spiro atoms. The molecule has 0 bridgehead atoms. The van der Waals surface area contributed by atoms with E-state index in [1.807, 2.05) is 0 Å². The van der Waals surface area contributed by atoms with E-state index in [1.54, 1.807) is 6.92 Å². The van der Waals surface area contributed by atoms with E-state index in [4.69, 9.17) is 20.7 Å². The van der Waals surface area contributed by atoms with Crippen LogP contribution >= 0.6 is 0 Å². The maximum absolute atomic E-state index is 10.9. The lowest BCUT2D eigenvalue weighted by Gasteiger charge is -2.45. The largest absolute Gasteiger partial charge is 0.477 e. The highest BCUT2D eigenvalue weighted by Gasteiger charge is 2.49. The zero-order chi connectivity index (χ0) is 14.1. The summed E-state index contributed by atoms with van der Waals surface area (Å²) < 4.78 is 5.26. The molecule has 18 heavy (non-hydrogen) atoms. The molecule has 0 radical (unpaired) electrons. The average Bonchev–Trinajstić information content (AvgIpc) is 2.33. The topological polar surface area (TPSA) is 133 Å². The monoisotopic (exact) mass is 261 g/mol. The van der Waals surface area contributed by atoms with Crippen molar-refractivity contribution in [1.29, 1.82) is 0 Å². The summed E-state index contributed by atoms with van der Waals surface area (Å²) in [5, 5.41) is 37.2. The number of rotatable bonds is 4. The van der Waals surface area contributed by atoms with E-state index in [0.29, 0.717) is 0 Å². The SMILES string of the molecule is C[C@@H]1[C@@H](N)C=C(C(=O)O)O[C@@]1(C)[C@H](O)[C@H](O)CO. The van der Waals surface area contributed by atoms with Crippen LogP contribution in [0.25, 0.3) is 0 Å². The van der Waals surface area contributed by atoms with Crippen LogP contribution in [0.1, 0.15) is 13.8 Å². The number of ether oxygens (including phenoxy) is 1. The number of hydrogen-bond acceptors (Lipinski definition) is 6. The molecule has 0 aromatic heterocycles. The van der Waals surface area contributed by atoms with Gasteiger partial charge in [-0.3, -0.25) is 0 Å². The molecule has 0 aliphatic carbocycles. The fourth-order valence-corrected chi connectivity index (χ4v) is 1.99. The Morgan fingerprint density at radius 3 is 2.61 bits per heavy atom. The number of carboxylic acids is 1. The molecular weight excluding hydrogens is 242 g/mol. The molecule has 7 heteroatoms. The molecule has 0 aromatic rings. The molecule has 1 heterocycles. The molecule has 0 saturated carbocycles. The Morgan fingerprint density at radius 2 is 2.17 bits per heavy atom. The van der Waals surface area contributed by atoms with Gasteiger partial charge in [-0.1, -0.05) is 6.92 Å². The number of carbonyl (C=O) groups is 1. The van der Waals surface area contributed by atoms with Crippen molar-refractivity contribution in [3.8, 4) is 0 Å². The van der Waals surface area contributed by atoms with Crippen molar-refractivity contribution < 1.29 is 30.0 Å². The zero-order valence-electron chi connectivity index (χ0n) is 10.3. The van der Waals surface area contributed by atoms with Crippen LogP contribution in [0.4, 0.5) is 0 Å². The fraction of sp³-hybridized carbons (Fsp3) is 0.727. The second kappa shape index (κ2) is 5.23. The molecular formula is C11H19NO6. The first-order valence-corrected chi connectivity index (χ1v) is 5.60. The highest BCUT2D eigenvalue weighted by molar-refractivity contribution is 5.84. The fourth-order valence-electron chi connectivity index (χ4n) is 1.99. The lowest BCUT2D eigenvalue weighted by molar-refractivity contribution is -0.177. The Hall–Kier alpha value is -1.15. The van der Waals surface area contributed by atoms with Crippen molar-refractivity contribution in [2.24, 2.45) is 11.7 Å². The predicted octanol–water partition coefficient (Wildman–Crippen LogP) is -1.58. The van der Waals surface area contributed by atoms with Crippen molar-refractivity contribution in [3.05, 3.63) is 11.8 Å². The number of aliphatic hydroxyl groups is 3. The first-order chi connectivity index (χ1) is 8.24. The molecule has 5 atom stereocenters. The van der Waals surface area contributed by atoms with E-state index in [0.717, 1.165) is 0 Å². The van der Waals surface area contributed by atoms with Gasteiger partial charge in [-0.15, -0.1) is 0 Å². The second-order valence-electron chi connectivity index (χ2n) is 4.68. The molecule has 104 valence electrons. The average molecular weight is 261 g/mol. The maximum atomic E-state index is 10.9. The van der Waals surface area contributed by atoms with Crippen LogP contribution < -0.4 is 5.73 Å². The summed E-state index contributed by atoms with van der Waals surface area (Å²) in [6.07, 6.45) is -1.63. The van der Waals surface area contributed by atoms with Crippen LogP contribution in [0, 0.1) is 5.92 Å². The standard InChI is InChI=1S/C11H19NO6/c1-5-6(12)3-8(10(16)17)18-11(5,2)9(15)7(14)4-13/h3,5-7,9,13-15H,4,12H2,1-2H3,(H,16,17)/t5-,6+,7-,9-,11-/m1/s1. The van der Waals surface area contributed by atoms with Gasteiger partial charge in [-0.2, -0.15) is 0 Å². The van der Waals surface area contributed by atoms with E-state index in [9.17, 15) is 15.0 Å². The molecule has 0 saturated heterocycles. The Labute approximate surface area is 104 Å². The Bertz CT molecular complexity index is 357. The highest BCUT2D eigenvalue weighted by Crippen LogP contribution is 2.36. The minimum Gasteiger partial charge on any atom is -0.477 e. The number of aliphatic hydroxyl groups excluding tert-OH is 3. The van der Waals surface area contributed by atoms with Crippen molar-refractivity contribution >= 4 is 5.97 Å². The summed E-state index contributed by atoms with van der Waals surface area (Å²) >= 11 is 0. The van der Waals surface area contributed by atoms with E-state index >= 15 is 0 Å². The van der Waals surface area contributed by atoms with Gasteiger partial charge in [0.2, 0.25) is 5.76 Å². The van der Waals surface area contributed by atoms with Crippen LogP contribution in [0.15, 0.2) is 11.8 Å². The van der Waals surface area contributed by atoms with Gasteiger partial charge in [-0.25, -0.2) is 4.79 Å². The third-order valence-electron chi connectivity index (χ3n) is 3.50. The quantitative estimate of drug-likeness (QED) is 0.412. The van der Waals surface area contributed by atoms with Gasteiger partial charge >= 0.3 is 5.97 Å². The van der Waals surface area contributed by atoms with E-state index < -0.39 is 42.3 Å². The smallest absolute Gasteiger partial charge is 0.370 e. The van der Waals surface area contributed by atoms with Gasteiger partial charge in [-0.05, 0) is 13.0 Å². The van der Waals surface area contributed by atoms with Crippen molar-refractivity contribution in [2.75, 3.05) is 6.61 Å². The highest BCUT2D eigenvalue weighted by atomic mass is 16.5. The molecule has 1 rings (SSSR count). The normalized spacial score (nSPS) is 35.3. The molecule has 6 N–H and O–H groups in total. The molecule has 7 nitrogen and oxygen atoms in total. The Kier molecular flexibility index (Phi) is 4.33. The van der Waals surface area contributed by atoms with Gasteiger partial charge in [0.25, 0.3) is 0 Å². The molecule has 0 amide bonds. The van der Waals surface area contributed by atoms with Gasteiger partial charge in [0, 0.05) is 12.0 Å². The minimum atomic E-state index is -1.45. The summed E-state index contributed by atoms with van der Waals surface area (Å²) in [5.41, 5.74) is 4.40. The van der Waals surface area contributed by atoms with Gasteiger partial charge < -0.3 is 30.9 Å². The van der Waals surface area contributed by atoms with Crippen molar-refractivity contribution in [1.82, 2.24) is 0 Å². The van der Waals surface area contributed by atoms with Crippen LogP contribution in [0.3, 0.4) is 0 Å². The number of aliphatic carboxylic acids is 1. The van der Waals surface area contributed by atoms with Gasteiger partial charge in [0.15, 0.2) is 0 Å². The van der Waals surface area contributed by atoms with E-state index in [-0.39, 0.29) is 5.76 Å². The van der Waals surface area contributed by atoms with Crippen LogP contribution in [-0.4, -0.2) is 56.9 Å². The number of carboxylic acid groups (broad SMARTS) is 1. The van der Waals surface area contributed by atoms with Gasteiger partial charge in [0.05, 0.1) is 6.61 Å². The molecule has 1 aliphatic rings. The summed E-state index contributed by atoms with van der Waals surface area (Å²) in [4.78, 5) is 10.9. The van der Waals surface area contributed by atoms with Gasteiger partial charge in [0.1, 0.15) is 17.8 Å². The summed E-state index contributed by atoms with van der Waals surface area (Å²) in [5.74, 6) is -2.10. The summed E-state index contributed by atoms with van der Waals surface area (Å²) in [7, 11) is 0. The number of hydrogen-bond donors (Lipinski definition) is 5. The minimum absolute atomic E-state index is 0.368. The van der Waals surface area contributed by atoms with Crippen molar-refractivity contribution in [2.45, 2.75) is 37.7 Å². The zero-order valence-corrected chi connectivity index (χ0v) is 10.3. The molecule has 0 aromatic carbocycles. The lowest BCUT2D eigenvalue weighted by Crippen LogP contribution is -2.59. The molecule has 0 fully saturated rings. The maximum Gasteiger partial charge on any atom is 0.370 e. The summed E-state index contributed by atoms with van der Waals surface area (Å²) in [6.45, 7) is 2.47. The molecule has 0 unspecified atom stereocenters. The van der Waals surface area contributed by atoms with Crippen LogP contribution in [-0.2, 0) is 9.53 Å². The lowest BCUT2D eigenvalue weighted by atomic mass is 9.77. The second-order valence-corrected chi connectivity index (χ2v) is 4.68. The number of nitrogens with two attached hydrogens (primary N) is 1. The van der Waals surface area contributed by atoms with E-state index in [1.165, 1.54) is 13.0 Å². The first-order valence-electron chi connectivity index (χ1n) is 5.60. The molecule has 1 aliphatic heterocycles. The van der Waals surface area contributed by atoms with Crippen molar-refractivity contribution in [3.63, 3.8) is 0 Å². The third-order valence-corrected chi connectivity index (χ3v) is 3.50. The van der Waals surface area contributed by atoms with Crippen LogP contribution in [0.5, 0.6) is 0 Å². The first kappa shape index (κ1) is 14.9. The Morgan fingerprint density at radius 1 is 1.61 bits per heavy atom.